The Balaban J connectivity index is 1.68. The van der Waals surface area contributed by atoms with Crippen LogP contribution in [0.1, 0.15) is 64.3 Å². The van der Waals surface area contributed by atoms with Gasteiger partial charge in [-0.05, 0) is 61.9 Å². The molecule has 24 heavy (non-hydrogen) atoms. The highest BCUT2D eigenvalue weighted by molar-refractivity contribution is 5.76. The minimum Gasteiger partial charge on any atom is -0.342 e. The molecule has 3 heteroatoms. The van der Waals surface area contributed by atoms with Crippen LogP contribution in [0.3, 0.4) is 0 Å². The summed E-state index contributed by atoms with van der Waals surface area (Å²) in [5, 5.41) is 0. The number of likely N-dealkylation sites (tertiary alicyclic amines) is 1. The largest absolute Gasteiger partial charge is 0.342 e. The van der Waals surface area contributed by atoms with Crippen LogP contribution >= 0.6 is 0 Å². The van der Waals surface area contributed by atoms with Crippen molar-refractivity contribution in [3.05, 3.63) is 29.6 Å². The fraction of sp³-hybridized carbons (Fsp3) is 0.667. The summed E-state index contributed by atoms with van der Waals surface area (Å²) in [5.41, 5.74) is 4.01. The minimum absolute atomic E-state index is 0.271. The molecule has 1 aromatic carbocycles. The Kier molecular flexibility index (Phi) is 5.29. The van der Waals surface area contributed by atoms with Gasteiger partial charge in [-0.2, -0.15) is 0 Å². The molecule has 1 saturated heterocycles. The van der Waals surface area contributed by atoms with Crippen molar-refractivity contribution in [1.29, 1.82) is 0 Å². The smallest absolute Gasteiger partial charge is 0.104 e. The molecule has 0 bridgehead atoms. The zero-order valence-corrected chi connectivity index (χ0v) is 15.9. The van der Waals surface area contributed by atoms with Gasteiger partial charge in [0.05, 0.1) is 11.0 Å². The lowest BCUT2D eigenvalue weighted by atomic mass is 9.68. The molecule has 1 fully saturated rings. The lowest BCUT2D eigenvalue weighted by molar-refractivity contribution is 0.109. The molecule has 0 saturated carbocycles. The summed E-state index contributed by atoms with van der Waals surface area (Å²) < 4.78 is 0. The molecule has 0 spiro atoms. The van der Waals surface area contributed by atoms with Crippen LogP contribution in [-0.4, -0.2) is 34.5 Å². The van der Waals surface area contributed by atoms with E-state index in [0.717, 1.165) is 11.3 Å². The summed E-state index contributed by atoms with van der Waals surface area (Å²) in [6, 6.07) is 6.82. The Morgan fingerprint density at radius 2 is 2.12 bits per heavy atom. The molecule has 2 atom stereocenters. The van der Waals surface area contributed by atoms with E-state index in [-0.39, 0.29) is 5.41 Å². The van der Waals surface area contributed by atoms with Crippen LogP contribution < -0.4 is 0 Å². The quantitative estimate of drug-likeness (QED) is 0.753. The Morgan fingerprint density at radius 1 is 1.29 bits per heavy atom. The van der Waals surface area contributed by atoms with Crippen molar-refractivity contribution >= 4 is 11.0 Å². The number of piperidine rings is 1. The first-order chi connectivity index (χ1) is 11.5. The zero-order valence-electron chi connectivity index (χ0n) is 15.9. The van der Waals surface area contributed by atoms with Gasteiger partial charge in [-0.25, -0.2) is 4.98 Å². The number of rotatable bonds is 6. The average molecular weight is 328 g/mol. The number of aromatic nitrogens is 2. The Bertz CT molecular complexity index is 675. The first-order valence-electron chi connectivity index (χ1n) is 9.72. The summed E-state index contributed by atoms with van der Waals surface area (Å²) in [6.45, 7) is 12.9. The fourth-order valence-electron chi connectivity index (χ4n) is 4.20. The molecular formula is C21H33N3. The number of benzene rings is 1. The molecule has 2 aromatic rings. The van der Waals surface area contributed by atoms with E-state index in [0.29, 0.717) is 5.92 Å². The summed E-state index contributed by atoms with van der Waals surface area (Å²) in [5.74, 6) is 1.68. The van der Waals surface area contributed by atoms with Crippen LogP contribution in [-0.2, 0) is 5.41 Å². The van der Waals surface area contributed by atoms with Gasteiger partial charge in [-0.3, -0.25) is 0 Å². The second-order valence-electron chi connectivity index (χ2n) is 7.98. The van der Waals surface area contributed by atoms with Crippen LogP contribution in [0.25, 0.3) is 11.0 Å². The summed E-state index contributed by atoms with van der Waals surface area (Å²) in [6.07, 6.45) is 6.69. The van der Waals surface area contributed by atoms with E-state index >= 15 is 0 Å². The predicted octanol–water partition coefficient (Wildman–Crippen LogP) is 5.05. The normalized spacial score (nSPS) is 25.4. The fourth-order valence-corrected chi connectivity index (χ4v) is 4.20. The van der Waals surface area contributed by atoms with Crippen LogP contribution in [0.5, 0.6) is 0 Å². The van der Waals surface area contributed by atoms with Crippen LogP contribution in [0.4, 0.5) is 0 Å². The number of nitrogens with one attached hydrogen (secondary N) is 1. The number of H-pyrrole nitrogens is 1. The van der Waals surface area contributed by atoms with Gasteiger partial charge in [0.2, 0.25) is 0 Å². The predicted molar refractivity (Wildman–Crippen MR) is 103 cm³/mol. The lowest BCUT2D eigenvalue weighted by Gasteiger charge is -2.45. The van der Waals surface area contributed by atoms with Gasteiger partial charge in [-0.1, -0.05) is 46.1 Å². The second-order valence-corrected chi connectivity index (χ2v) is 7.98. The van der Waals surface area contributed by atoms with Gasteiger partial charge >= 0.3 is 0 Å². The van der Waals surface area contributed by atoms with Crippen molar-refractivity contribution in [2.75, 3.05) is 19.6 Å². The van der Waals surface area contributed by atoms with E-state index in [1.165, 1.54) is 62.8 Å². The Labute approximate surface area is 146 Å². The number of fused-ring (bicyclic) bond motifs is 1. The van der Waals surface area contributed by atoms with Crippen LogP contribution in [0.15, 0.2) is 18.2 Å². The van der Waals surface area contributed by atoms with E-state index < -0.39 is 0 Å². The number of imidazole rings is 1. The number of hydrogen-bond donors (Lipinski definition) is 1. The molecule has 1 aliphatic rings. The van der Waals surface area contributed by atoms with Gasteiger partial charge in [0, 0.05) is 6.54 Å². The van der Waals surface area contributed by atoms with E-state index in [9.17, 15) is 0 Å². The maximum Gasteiger partial charge on any atom is 0.104 e. The van der Waals surface area contributed by atoms with Crippen molar-refractivity contribution in [3.8, 4) is 0 Å². The highest BCUT2D eigenvalue weighted by Gasteiger charge is 2.37. The molecular weight excluding hydrogens is 294 g/mol. The summed E-state index contributed by atoms with van der Waals surface area (Å²) in [7, 11) is 0. The van der Waals surface area contributed by atoms with Gasteiger partial charge < -0.3 is 9.88 Å². The molecule has 1 aliphatic heterocycles. The van der Waals surface area contributed by atoms with Crippen molar-refractivity contribution in [2.45, 2.75) is 65.2 Å². The molecule has 132 valence electrons. The van der Waals surface area contributed by atoms with Crippen LogP contribution in [0, 0.1) is 12.8 Å². The summed E-state index contributed by atoms with van der Waals surface area (Å²) in [4.78, 5) is 10.6. The number of hydrogen-bond acceptors (Lipinski definition) is 2. The van der Waals surface area contributed by atoms with Gasteiger partial charge in [0.25, 0.3) is 0 Å². The molecule has 1 aromatic heterocycles. The van der Waals surface area contributed by atoms with Crippen molar-refractivity contribution < 1.29 is 0 Å². The second kappa shape index (κ2) is 7.26. The molecule has 0 radical (unpaired) electrons. The van der Waals surface area contributed by atoms with E-state index in [1.807, 2.05) is 6.92 Å². The molecule has 0 aliphatic carbocycles. The highest BCUT2D eigenvalue weighted by Crippen LogP contribution is 2.40. The van der Waals surface area contributed by atoms with E-state index in [2.05, 4.69) is 53.8 Å². The minimum atomic E-state index is 0.271. The maximum absolute atomic E-state index is 4.54. The monoisotopic (exact) mass is 327 g/mol. The van der Waals surface area contributed by atoms with Crippen molar-refractivity contribution in [3.63, 3.8) is 0 Å². The average Bonchev–Trinajstić information content (AvgIpc) is 2.94. The Hall–Kier alpha value is -1.35. The van der Waals surface area contributed by atoms with Crippen molar-refractivity contribution in [1.82, 2.24) is 14.9 Å². The highest BCUT2D eigenvalue weighted by atomic mass is 15.1. The van der Waals surface area contributed by atoms with E-state index in [1.54, 1.807) is 0 Å². The van der Waals surface area contributed by atoms with Gasteiger partial charge in [-0.15, -0.1) is 0 Å². The first kappa shape index (κ1) is 17.5. The SMILES string of the molecule is CCCCCCN1CC[C@](C)(c2ccc3nc(C)[nH]c3c2)[C@@H](C)C1. The third-order valence-electron chi connectivity index (χ3n) is 6.15. The molecule has 1 N–H and O–H groups in total. The first-order valence-corrected chi connectivity index (χ1v) is 9.72. The third kappa shape index (κ3) is 3.51. The van der Waals surface area contributed by atoms with Crippen molar-refractivity contribution in [2.24, 2.45) is 5.92 Å². The third-order valence-corrected chi connectivity index (χ3v) is 6.15. The van der Waals surface area contributed by atoms with Gasteiger partial charge in [0.15, 0.2) is 0 Å². The molecule has 0 unspecified atom stereocenters. The zero-order chi connectivity index (χ0) is 17.2. The Morgan fingerprint density at radius 3 is 2.88 bits per heavy atom. The number of nitrogens with zero attached hydrogens (tertiary/aromatic N) is 2. The molecule has 3 nitrogen and oxygen atoms in total. The van der Waals surface area contributed by atoms with Crippen LogP contribution in [0.2, 0.25) is 0 Å². The lowest BCUT2D eigenvalue weighted by Crippen LogP contribution is -2.47. The maximum atomic E-state index is 4.54. The molecule has 2 heterocycles. The number of aromatic amines is 1. The molecule has 0 amide bonds. The number of unbranched alkanes of at least 4 members (excludes halogenated alkanes) is 3. The van der Waals surface area contributed by atoms with Gasteiger partial charge in [0.1, 0.15) is 5.82 Å². The topological polar surface area (TPSA) is 31.9 Å². The summed E-state index contributed by atoms with van der Waals surface area (Å²) >= 11 is 0. The number of aryl methyl sites for hydroxylation is 1. The van der Waals surface area contributed by atoms with E-state index in [4.69, 9.17) is 0 Å². The standard InChI is InChI=1S/C21H33N3/c1-5-6-7-8-12-24-13-11-21(4,16(2)15-24)18-9-10-19-20(14-18)23-17(3)22-19/h9-10,14,16H,5-8,11-13,15H2,1-4H3,(H,22,23)/t16-,21-/m0/s1. The molecule has 3 rings (SSSR count).